The van der Waals surface area contributed by atoms with E-state index in [0.717, 1.165) is 31.9 Å². The van der Waals surface area contributed by atoms with Crippen LogP contribution >= 0.6 is 0 Å². The van der Waals surface area contributed by atoms with Crippen molar-refractivity contribution in [1.82, 2.24) is 10.0 Å². The van der Waals surface area contributed by atoms with Gasteiger partial charge in [-0.3, -0.25) is 0 Å². The van der Waals surface area contributed by atoms with Gasteiger partial charge in [0, 0.05) is 31.9 Å². The lowest BCUT2D eigenvalue weighted by Gasteiger charge is -2.28. The van der Waals surface area contributed by atoms with Crippen LogP contribution in [0.5, 0.6) is 0 Å². The predicted octanol–water partition coefficient (Wildman–Crippen LogP) is 0.162. The third kappa shape index (κ3) is 5.28. The first-order chi connectivity index (χ1) is 10.1. The van der Waals surface area contributed by atoms with E-state index >= 15 is 0 Å². The predicted molar refractivity (Wildman–Crippen MR) is 84.0 cm³/mol. The summed E-state index contributed by atoms with van der Waals surface area (Å²) in [7, 11) is -1.70. The van der Waals surface area contributed by atoms with Crippen LogP contribution in [-0.4, -0.2) is 54.1 Å². The second-order valence-corrected chi connectivity index (χ2v) is 7.01. The molecular formula is C14H23N3O3S. The third-order valence-electron chi connectivity index (χ3n) is 3.50. The summed E-state index contributed by atoms with van der Waals surface area (Å²) in [5, 5.41) is 3.14. The van der Waals surface area contributed by atoms with E-state index in [9.17, 15) is 8.42 Å². The van der Waals surface area contributed by atoms with Crippen LogP contribution in [0.15, 0.2) is 24.3 Å². The molecule has 0 unspecified atom stereocenters. The first-order valence-electron chi connectivity index (χ1n) is 7.14. The van der Waals surface area contributed by atoms with Crippen molar-refractivity contribution in [3.05, 3.63) is 29.8 Å². The Balaban J connectivity index is 1.77. The molecule has 2 rings (SSSR count). The zero-order chi connectivity index (χ0) is 15.1. The maximum Gasteiger partial charge on any atom is 0.212 e. The van der Waals surface area contributed by atoms with E-state index in [1.807, 2.05) is 0 Å². The zero-order valence-corrected chi connectivity index (χ0v) is 13.2. The second-order valence-electron chi connectivity index (χ2n) is 4.97. The van der Waals surface area contributed by atoms with Gasteiger partial charge in [-0.1, -0.05) is 12.1 Å². The molecule has 1 aromatic rings. The third-order valence-corrected chi connectivity index (χ3v) is 4.86. The summed E-state index contributed by atoms with van der Waals surface area (Å²) in [6.07, 6.45) is 0. The number of hydrogen-bond donors (Lipinski definition) is 2. The number of nitrogens with zero attached hydrogens (tertiary/aromatic N) is 1. The monoisotopic (exact) mass is 313 g/mol. The van der Waals surface area contributed by atoms with Crippen molar-refractivity contribution in [3.63, 3.8) is 0 Å². The fraction of sp³-hybridized carbons (Fsp3) is 0.571. The van der Waals surface area contributed by atoms with Crippen molar-refractivity contribution < 1.29 is 13.2 Å². The van der Waals surface area contributed by atoms with Gasteiger partial charge in [0.05, 0.1) is 19.0 Å². The second kappa shape index (κ2) is 7.74. The van der Waals surface area contributed by atoms with Gasteiger partial charge in [0.15, 0.2) is 0 Å². The summed E-state index contributed by atoms with van der Waals surface area (Å²) in [5.74, 6) is 0.0926. The highest BCUT2D eigenvalue weighted by atomic mass is 32.2. The number of anilines is 1. The SMILES string of the molecule is CNS(=O)(=O)CCNCc1ccc(N2CCOCC2)cc1. The molecule has 0 saturated carbocycles. The number of rotatable bonds is 7. The van der Waals surface area contributed by atoms with Gasteiger partial charge in [0.2, 0.25) is 10.0 Å². The van der Waals surface area contributed by atoms with Crippen LogP contribution in [0.2, 0.25) is 0 Å². The molecule has 0 bridgehead atoms. The standard InChI is InChI=1S/C14H23N3O3S/c1-15-21(18,19)11-6-16-12-13-2-4-14(5-3-13)17-7-9-20-10-8-17/h2-5,15-16H,6-12H2,1H3. The van der Waals surface area contributed by atoms with Gasteiger partial charge in [0.1, 0.15) is 0 Å². The molecule has 0 radical (unpaired) electrons. The minimum absolute atomic E-state index is 0.0926. The average molecular weight is 313 g/mol. The minimum Gasteiger partial charge on any atom is -0.378 e. The molecule has 1 aromatic carbocycles. The van der Waals surface area contributed by atoms with E-state index in [1.165, 1.54) is 12.7 Å². The Bertz CT molecular complexity index is 525. The molecule has 1 aliphatic rings. The fourth-order valence-electron chi connectivity index (χ4n) is 2.19. The summed E-state index contributed by atoms with van der Waals surface area (Å²) < 4.78 is 30.2. The van der Waals surface area contributed by atoms with E-state index in [2.05, 4.69) is 39.2 Å². The van der Waals surface area contributed by atoms with Gasteiger partial charge in [-0.05, 0) is 24.7 Å². The maximum atomic E-state index is 11.3. The number of hydrogen-bond acceptors (Lipinski definition) is 5. The number of benzene rings is 1. The summed E-state index contributed by atoms with van der Waals surface area (Å²) in [4.78, 5) is 2.31. The molecule has 118 valence electrons. The van der Waals surface area contributed by atoms with E-state index in [4.69, 9.17) is 4.74 Å². The normalized spacial score (nSPS) is 16.1. The van der Waals surface area contributed by atoms with E-state index in [0.29, 0.717) is 13.1 Å². The van der Waals surface area contributed by atoms with Gasteiger partial charge < -0.3 is 15.0 Å². The molecule has 1 aliphatic heterocycles. The quantitative estimate of drug-likeness (QED) is 0.702. The van der Waals surface area contributed by atoms with Gasteiger partial charge in [-0.2, -0.15) is 0 Å². The molecule has 6 nitrogen and oxygen atoms in total. The summed E-state index contributed by atoms with van der Waals surface area (Å²) in [6.45, 7) is 4.53. The Hall–Kier alpha value is -1.15. The van der Waals surface area contributed by atoms with E-state index < -0.39 is 10.0 Å². The van der Waals surface area contributed by atoms with Crippen LogP contribution in [0.4, 0.5) is 5.69 Å². The lowest BCUT2D eigenvalue weighted by Crippen LogP contribution is -2.36. The number of sulfonamides is 1. The summed E-state index contributed by atoms with van der Waals surface area (Å²) >= 11 is 0. The highest BCUT2D eigenvalue weighted by molar-refractivity contribution is 7.89. The lowest BCUT2D eigenvalue weighted by atomic mass is 10.2. The van der Waals surface area contributed by atoms with Crippen molar-refractivity contribution in [2.24, 2.45) is 0 Å². The minimum atomic E-state index is -3.13. The molecule has 1 fully saturated rings. The average Bonchev–Trinajstić information content (AvgIpc) is 2.53. The Morgan fingerprint density at radius 2 is 1.86 bits per heavy atom. The Labute approximate surface area is 126 Å². The van der Waals surface area contributed by atoms with Crippen LogP contribution in [0.25, 0.3) is 0 Å². The Kier molecular flexibility index (Phi) is 5.98. The fourth-order valence-corrected chi connectivity index (χ4v) is 2.80. The number of ether oxygens (including phenoxy) is 1. The topological polar surface area (TPSA) is 70.7 Å². The van der Waals surface area contributed by atoms with Crippen molar-refractivity contribution in [3.8, 4) is 0 Å². The van der Waals surface area contributed by atoms with Crippen molar-refractivity contribution in [2.75, 3.05) is 50.5 Å². The molecule has 0 aliphatic carbocycles. The number of nitrogens with one attached hydrogen (secondary N) is 2. The lowest BCUT2D eigenvalue weighted by molar-refractivity contribution is 0.122. The van der Waals surface area contributed by atoms with Gasteiger partial charge >= 0.3 is 0 Å². The smallest absolute Gasteiger partial charge is 0.212 e. The molecule has 1 saturated heterocycles. The van der Waals surface area contributed by atoms with Crippen LogP contribution in [0.1, 0.15) is 5.56 Å². The Morgan fingerprint density at radius 1 is 1.19 bits per heavy atom. The highest BCUT2D eigenvalue weighted by Gasteiger charge is 2.10. The molecule has 7 heteroatoms. The summed E-state index contributed by atoms with van der Waals surface area (Å²) in [5.41, 5.74) is 2.36. The molecule has 0 spiro atoms. The molecule has 21 heavy (non-hydrogen) atoms. The van der Waals surface area contributed by atoms with Crippen molar-refractivity contribution in [1.29, 1.82) is 0 Å². The van der Waals surface area contributed by atoms with E-state index in [-0.39, 0.29) is 5.75 Å². The molecule has 0 aromatic heterocycles. The summed E-state index contributed by atoms with van der Waals surface area (Å²) in [6, 6.07) is 8.36. The van der Waals surface area contributed by atoms with Crippen molar-refractivity contribution >= 4 is 15.7 Å². The zero-order valence-electron chi connectivity index (χ0n) is 12.3. The number of morpholine rings is 1. The van der Waals surface area contributed by atoms with Crippen LogP contribution in [-0.2, 0) is 21.3 Å². The van der Waals surface area contributed by atoms with E-state index in [1.54, 1.807) is 0 Å². The Morgan fingerprint density at radius 3 is 2.48 bits per heavy atom. The molecule has 0 amide bonds. The first-order valence-corrected chi connectivity index (χ1v) is 8.79. The molecule has 1 heterocycles. The van der Waals surface area contributed by atoms with Crippen LogP contribution in [0, 0.1) is 0 Å². The van der Waals surface area contributed by atoms with Gasteiger partial charge in [-0.15, -0.1) is 0 Å². The van der Waals surface area contributed by atoms with Crippen molar-refractivity contribution in [2.45, 2.75) is 6.54 Å². The van der Waals surface area contributed by atoms with Gasteiger partial charge in [-0.25, -0.2) is 13.1 Å². The first kappa shape index (κ1) is 16.2. The largest absolute Gasteiger partial charge is 0.378 e. The van der Waals surface area contributed by atoms with Crippen LogP contribution in [0.3, 0.4) is 0 Å². The maximum absolute atomic E-state index is 11.3. The molecular weight excluding hydrogens is 290 g/mol. The van der Waals surface area contributed by atoms with Gasteiger partial charge in [0.25, 0.3) is 0 Å². The molecule has 0 atom stereocenters. The highest BCUT2D eigenvalue weighted by Crippen LogP contribution is 2.16. The van der Waals surface area contributed by atoms with Crippen LogP contribution < -0.4 is 14.9 Å². The molecule has 2 N–H and O–H groups in total.